The molecule has 0 spiro atoms. The van der Waals surface area contributed by atoms with Crippen LogP contribution in [0.2, 0.25) is 0 Å². The van der Waals surface area contributed by atoms with E-state index in [2.05, 4.69) is 52.8 Å². The average Bonchev–Trinajstić information content (AvgIpc) is 3.24. The predicted octanol–water partition coefficient (Wildman–Crippen LogP) is 6.14. The summed E-state index contributed by atoms with van der Waals surface area (Å²) in [5.74, 6) is 0.232. The zero-order valence-corrected chi connectivity index (χ0v) is 16.6. The van der Waals surface area contributed by atoms with E-state index in [4.69, 9.17) is 0 Å². The van der Waals surface area contributed by atoms with Crippen molar-refractivity contribution in [3.63, 3.8) is 0 Å². The number of hydrogen-bond acceptors (Lipinski definition) is 3. The number of thiophene rings is 1. The maximum atomic E-state index is 12.6. The van der Waals surface area contributed by atoms with Gasteiger partial charge in [-0.25, -0.2) is 0 Å². The molecule has 0 unspecified atom stereocenters. The number of carbonyl (C=O) groups is 1. The highest BCUT2D eigenvalue weighted by atomic mass is 32.1. The van der Waals surface area contributed by atoms with E-state index in [1.165, 1.54) is 10.4 Å². The zero-order valence-electron chi connectivity index (χ0n) is 15.8. The molecule has 0 aliphatic heterocycles. The van der Waals surface area contributed by atoms with Crippen LogP contribution in [0.1, 0.15) is 16.8 Å². The van der Waals surface area contributed by atoms with Gasteiger partial charge in [0.2, 0.25) is 0 Å². The average molecular weight is 384 g/mol. The Morgan fingerprint density at radius 1 is 0.821 bits per heavy atom. The normalized spacial score (nSPS) is 10.8. The number of aryl methyl sites for hydroxylation is 1. The van der Waals surface area contributed by atoms with Crippen LogP contribution in [0.25, 0.3) is 21.6 Å². The lowest BCUT2D eigenvalue weighted by molar-refractivity contribution is -0.117. The molecule has 0 radical (unpaired) electrons. The summed E-state index contributed by atoms with van der Waals surface area (Å²) >= 11 is 1.72. The number of benzene rings is 2. The van der Waals surface area contributed by atoms with Gasteiger partial charge in [0.25, 0.3) is 0 Å². The zero-order chi connectivity index (χ0) is 19.3. The molecule has 2 nitrogen and oxygen atoms in total. The fourth-order valence-corrected chi connectivity index (χ4v) is 4.06. The fraction of sp³-hybridized carbons (Fsp3) is 0.120. The third-order valence-corrected chi connectivity index (χ3v) is 5.64. The molecule has 2 aromatic heterocycles. The maximum Gasteiger partial charge on any atom is 0.141 e. The molecule has 2 aromatic carbocycles. The van der Waals surface area contributed by atoms with Gasteiger partial charge in [-0.2, -0.15) is 0 Å². The van der Waals surface area contributed by atoms with Crippen LogP contribution in [-0.2, 0) is 17.6 Å². The molecule has 0 saturated heterocycles. The van der Waals surface area contributed by atoms with Gasteiger partial charge in [-0.3, -0.25) is 9.78 Å². The first-order valence-corrected chi connectivity index (χ1v) is 10.2. The topological polar surface area (TPSA) is 30.0 Å². The van der Waals surface area contributed by atoms with Crippen molar-refractivity contribution >= 4 is 17.1 Å². The van der Waals surface area contributed by atoms with Crippen LogP contribution in [-0.4, -0.2) is 10.8 Å². The summed E-state index contributed by atoms with van der Waals surface area (Å²) in [7, 11) is 0. The number of ketones is 1. The molecule has 3 heteroatoms. The minimum Gasteiger partial charge on any atom is -0.299 e. The number of hydrogen-bond donors (Lipinski definition) is 0. The van der Waals surface area contributed by atoms with Gasteiger partial charge in [-0.05, 0) is 64.4 Å². The molecule has 0 bridgehead atoms. The number of carbonyl (C=O) groups excluding carboxylic acids is 1. The summed E-state index contributed by atoms with van der Waals surface area (Å²) in [6.07, 6.45) is 2.75. The summed E-state index contributed by atoms with van der Waals surface area (Å²) in [4.78, 5) is 18.0. The smallest absolute Gasteiger partial charge is 0.141 e. The van der Waals surface area contributed by atoms with Crippen LogP contribution in [0, 0.1) is 6.92 Å². The van der Waals surface area contributed by atoms with E-state index in [0.717, 1.165) is 27.9 Å². The van der Waals surface area contributed by atoms with Crippen molar-refractivity contribution in [1.29, 1.82) is 0 Å². The van der Waals surface area contributed by atoms with E-state index in [1.807, 2.05) is 43.5 Å². The van der Waals surface area contributed by atoms with Gasteiger partial charge in [0, 0.05) is 29.6 Å². The number of pyridine rings is 1. The van der Waals surface area contributed by atoms with Gasteiger partial charge in [-0.15, -0.1) is 11.3 Å². The van der Waals surface area contributed by atoms with Crippen LogP contribution in [0.5, 0.6) is 0 Å². The molecule has 0 saturated carbocycles. The van der Waals surface area contributed by atoms with Gasteiger partial charge >= 0.3 is 0 Å². The van der Waals surface area contributed by atoms with Gasteiger partial charge < -0.3 is 0 Å². The van der Waals surface area contributed by atoms with Crippen LogP contribution >= 0.6 is 11.3 Å². The molecule has 4 aromatic rings. The first-order chi connectivity index (χ1) is 13.7. The summed E-state index contributed by atoms with van der Waals surface area (Å²) < 4.78 is 0. The van der Waals surface area contributed by atoms with Crippen LogP contribution in [0.4, 0.5) is 0 Å². The highest BCUT2D eigenvalue weighted by Gasteiger charge is 2.08. The van der Waals surface area contributed by atoms with Crippen molar-refractivity contribution in [3.05, 3.63) is 101 Å². The third kappa shape index (κ3) is 4.44. The van der Waals surface area contributed by atoms with E-state index >= 15 is 0 Å². The Morgan fingerprint density at radius 3 is 2.39 bits per heavy atom. The number of rotatable bonds is 6. The number of Topliss-reactive ketones (excluding diaryl/α,β-unsaturated/α-hetero) is 1. The molecule has 28 heavy (non-hydrogen) atoms. The minimum absolute atomic E-state index is 0.232. The Labute approximate surface area is 169 Å². The van der Waals surface area contributed by atoms with Crippen molar-refractivity contribution in [1.82, 2.24) is 4.98 Å². The predicted molar refractivity (Wildman–Crippen MR) is 117 cm³/mol. The molecule has 0 amide bonds. The summed E-state index contributed by atoms with van der Waals surface area (Å²) in [5.41, 5.74) is 6.59. The summed E-state index contributed by atoms with van der Waals surface area (Å²) in [6.45, 7) is 1.99. The monoisotopic (exact) mass is 383 g/mol. The molecule has 0 aliphatic rings. The number of aromatic nitrogens is 1. The van der Waals surface area contributed by atoms with Crippen molar-refractivity contribution in [2.24, 2.45) is 0 Å². The Morgan fingerprint density at radius 2 is 1.64 bits per heavy atom. The molecular formula is C25H21NOS. The van der Waals surface area contributed by atoms with Crippen molar-refractivity contribution < 1.29 is 4.79 Å². The maximum absolute atomic E-state index is 12.6. The molecule has 0 atom stereocenters. The molecule has 4 rings (SSSR count). The Hall–Kier alpha value is -3.04. The standard InChI is InChI=1S/C25H21NOS/c1-18-14-22(11-12-26-18)21-9-7-19(8-10-21)16-24(27)17-20-4-2-5-23(15-20)25-6-3-13-28-25/h2-15H,16-17H2,1H3. The second kappa shape index (κ2) is 8.32. The minimum atomic E-state index is 0.232. The van der Waals surface area contributed by atoms with Crippen molar-refractivity contribution in [2.45, 2.75) is 19.8 Å². The largest absolute Gasteiger partial charge is 0.299 e. The number of nitrogens with zero attached hydrogens (tertiary/aromatic N) is 1. The fourth-order valence-electron chi connectivity index (χ4n) is 3.34. The van der Waals surface area contributed by atoms with E-state index in [0.29, 0.717) is 12.8 Å². The van der Waals surface area contributed by atoms with Gasteiger partial charge in [-0.1, -0.05) is 48.5 Å². The summed E-state index contributed by atoms with van der Waals surface area (Å²) in [5, 5.41) is 2.07. The first-order valence-electron chi connectivity index (χ1n) is 9.34. The highest BCUT2D eigenvalue weighted by Crippen LogP contribution is 2.25. The Balaban J connectivity index is 1.42. The van der Waals surface area contributed by atoms with E-state index in [1.54, 1.807) is 11.3 Å². The lowest BCUT2D eigenvalue weighted by Crippen LogP contribution is -2.06. The van der Waals surface area contributed by atoms with Crippen LogP contribution < -0.4 is 0 Å². The second-order valence-electron chi connectivity index (χ2n) is 6.95. The van der Waals surface area contributed by atoms with Gasteiger partial charge in [0.1, 0.15) is 5.78 Å². The van der Waals surface area contributed by atoms with Crippen LogP contribution in [0.3, 0.4) is 0 Å². The lowest BCUT2D eigenvalue weighted by Gasteiger charge is -2.06. The molecule has 0 fully saturated rings. The Kier molecular flexibility index (Phi) is 5.45. The SMILES string of the molecule is Cc1cc(-c2ccc(CC(=O)Cc3cccc(-c4cccs4)c3)cc2)ccn1. The quantitative estimate of drug-likeness (QED) is 0.400. The molecular weight excluding hydrogens is 362 g/mol. The molecule has 0 aliphatic carbocycles. The lowest BCUT2D eigenvalue weighted by atomic mass is 9.99. The van der Waals surface area contributed by atoms with Gasteiger partial charge in [0.05, 0.1) is 0 Å². The highest BCUT2D eigenvalue weighted by molar-refractivity contribution is 7.13. The second-order valence-corrected chi connectivity index (χ2v) is 7.90. The van der Waals surface area contributed by atoms with Gasteiger partial charge in [0.15, 0.2) is 0 Å². The Bertz CT molecular complexity index is 1080. The van der Waals surface area contributed by atoms with E-state index < -0.39 is 0 Å². The first kappa shape index (κ1) is 18.3. The molecule has 138 valence electrons. The molecule has 2 heterocycles. The van der Waals surface area contributed by atoms with Crippen molar-refractivity contribution in [2.75, 3.05) is 0 Å². The summed E-state index contributed by atoms with van der Waals surface area (Å²) in [6, 6.07) is 24.8. The van der Waals surface area contributed by atoms with E-state index in [9.17, 15) is 4.79 Å². The van der Waals surface area contributed by atoms with Crippen LogP contribution in [0.15, 0.2) is 84.4 Å². The third-order valence-electron chi connectivity index (χ3n) is 4.72. The molecule has 0 N–H and O–H groups in total. The van der Waals surface area contributed by atoms with Crippen molar-refractivity contribution in [3.8, 4) is 21.6 Å². The van der Waals surface area contributed by atoms with E-state index in [-0.39, 0.29) is 5.78 Å².